The number of hydrogen-bond donors (Lipinski definition) is 2. The lowest BCUT2D eigenvalue weighted by atomic mass is 10.0. The molecule has 0 radical (unpaired) electrons. The standard InChI is InChI=1S/C15H21N3O2/c1-5-15(3,4)16-10-13-14(19)20-17-18(13)12-8-6-11(2)7-9-12/h6-9,16H,5,10H2,1-4H3/p+1. The number of H-pyrrole nitrogens is 1. The van der Waals surface area contributed by atoms with Crippen LogP contribution in [0.3, 0.4) is 0 Å². The lowest BCUT2D eigenvalue weighted by Crippen LogP contribution is -2.45. The fraction of sp³-hybridized carbons (Fsp3) is 0.467. The van der Waals surface area contributed by atoms with Crippen molar-refractivity contribution in [2.75, 3.05) is 0 Å². The predicted octanol–water partition coefficient (Wildman–Crippen LogP) is 1.83. The predicted molar refractivity (Wildman–Crippen MR) is 76.8 cm³/mol. The third-order valence-corrected chi connectivity index (χ3v) is 3.65. The van der Waals surface area contributed by atoms with Crippen LogP contribution in [0.2, 0.25) is 0 Å². The summed E-state index contributed by atoms with van der Waals surface area (Å²) in [4.78, 5) is 11.8. The Morgan fingerprint density at radius 1 is 1.30 bits per heavy atom. The molecule has 2 aromatic rings. The van der Waals surface area contributed by atoms with Crippen LogP contribution in [0.25, 0.3) is 5.69 Å². The maximum Gasteiger partial charge on any atom is 0.431 e. The second kappa shape index (κ2) is 5.63. The van der Waals surface area contributed by atoms with Crippen LogP contribution in [-0.4, -0.2) is 10.8 Å². The van der Waals surface area contributed by atoms with E-state index >= 15 is 0 Å². The number of aromatic amines is 1. The van der Waals surface area contributed by atoms with Crippen molar-refractivity contribution in [3.05, 3.63) is 45.9 Å². The number of benzene rings is 1. The highest BCUT2D eigenvalue weighted by molar-refractivity contribution is 5.26. The fourth-order valence-corrected chi connectivity index (χ4v) is 1.79. The van der Waals surface area contributed by atoms with Gasteiger partial charge in [0.15, 0.2) is 0 Å². The van der Waals surface area contributed by atoms with Crippen LogP contribution in [-0.2, 0) is 6.54 Å². The topological polar surface area (TPSA) is 61.9 Å². The maximum atomic E-state index is 11.8. The van der Waals surface area contributed by atoms with Gasteiger partial charge in [-0.2, -0.15) is 0 Å². The van der Waals surface area contributed by atoms with Gasteiger partial charge in [-0.15, -0.1) is 0 Å². The van der Waals surface area contributed by atoms with Crippen molar-refractivity contribution in [1.82, 2.24) is 10.6 Å². The molecule has 0 amide bonds. The molecule has 0 aliphatic carbocycles. The van der Waals surface area contributed by atoms with Crippen LogP contribution >= 0.6 is 0 Å². The normalized spacial score (nSPS) is 11.8. The number of hydrogen-bond acceptors (Lipinski definition) is 3. The quantitative estimate of drug-likeness (QED) is 0.819. The van der Waals surface area contributed by atoms with E-state index in [9.17, 15) is 4.79 Å². The fourth-order valence-electron chi connectivity index (χ4n) is 1.79. The van der Waals surface area contributed by atoms with Gasteiger partial charge in [0.1, 0.15) is 0 Å². The molecule has 20 heavy (non-hydrogen) atoms. The first-order chi connectivity index (χ1) is 9.43. The molecule has 108 valence electrons. The Kier molecular flexibility index (Phi) is 4.09. The second-order valence-electron chi connectivity index (χ2n) is 5.69. The first-order valence-corrected chi connectivity index (χ1v) is 6.87. The third kappa shape index (κ3) is 3.17. The summed E-state index contributed by atoms with van der Waals surface area (Å²) in [6.45, 7) is 8.81. The molecular formula is C15H22N3O2+. The Labute approximate surface area is 118 Å². The summed E-state index contributed by atoms with van der Waals surface area (Å²) in [5.41, 5.74) is 2.26. The minimum absolute atomic E-state index is 0.0190. The summed E-state index contributed by atoms with van der Waals surface area (Å²) in [5.74, 6) is 0. The summed E-state index contributed by atoms with van der Waals surface area (Å²) in [7, 11) is 0. The van der Waals surface area contributed by atoms with E-state index in [1.165, 1.54) is 5.56 Å². The minimum atomic E-state index is -0.343. The van der Waals surface area contributed by atoms with Crippen LogP contribution in [0, 0.1) is 6.92 Å². The van der Waals surface area contributed by atoms with Crippen molar-refractivity contribution in [1.29, 1.82) is 0 Å². The molecule has 0 saturated carbocycles. The van der Waals surface area contributed by atoms with Gasteiger partial charge in [-0.3, -0.25) is 4.52 Å². The molecule has 0 atom stereocenters. The lowest BCUT2D eigenvalue weighted by Gasteiger charge is -2.22. The molecule has 1 heterocycles. The monoisotopic (exact) mass is 276 g/mol. The number of rotatable bonds is 5. The van der Waals surface area contributed by atoms with Crippen molar-refractivity contribution in [2.24, 2.45) is 0 Å². The van der Waals surface area contributed by atoms with Gasteiger partial charge in [-0.05, 0) is 37.1 Å². The molecule has 2 N–H and O–H groups in total. The maximum absolute atomic E-state index is 11.8. The van der Waals surface area contributed by atoms with Crippen LogP contribution in [0.15, 0.2) is 33.6 Å². The van der Waals surface area contributed by atoms with Crippen molar-refractivity contribution >= 4 is 0 Å². The van der Waals surface area contributed by atoms with Gasteiger partial charge < -0.3 is 5.32 Å². The van der Waals surface area contributed by atoms with Crippen molar-refractivity contribution in [3.8, 4) is 5.69 Å². The molecule has 0 bridgehead atoms. The molecule has 5 heteroatoms. The molecule has 0 aliphatic rings. The Morgan fingerprint density at radius 2 is 1.95 bits per heavy atom. The Hall–Kier alpha value is -1.88. The summed E-state index contributed by atoms with van der Waals surface area (Å²) in [5, 5.41) is 6.03. The molecule has 0 saturated heterocycles. The zero-order valence-corrected chi connectivity index (χ0v) is 12.5. The Balaban J connectivity index is 2.28. The van der Waals surface area contributed by atoms with Crippen LogP contribution in [0.1, 0.15) is 38.4 Å². The zero-order valence-electron chi connectivity index (χ0n) is 12.5. The van der Waals surface area contributed by atoms with Gasteiger partial charge in [0.05, 0.1) is 6.54 Å². The first-order valence-electron chi connectivity index (χ1n) is 6.87. The average molecular weight is 276 g/mol. The number of aromatic nitrogens is 2. The van der Waals surface area contributed by atoms with Crippen molar-refractivity contribution < 1.29 is 9.20 Å². The van der Waals surface area contributed by atoms with E-state index < -0.39 is 0 Å². The third-order valence-electron chi connectivity index (χ3n) is 3.65. The SMILES string of the molecule is CCC(C)(C)NCc1c(=O)o[nH][n+]1-c1ccc(C)cc1. The van der Waals surface area contributed by atoms with Gasteiger partial charge in [0.2, 0.25) is 5.69 Å². The van der Waals surface area contributed by atoms with E-state index in [-0.39, 0.29) is 11.2 Å². The zero-order chi connectivity index (χ0) is 14.8. The van der Waals surface area contributed by atoms with Crippen LogP contribution in [0.4, 0.5) is 0 Å². The summed E-state index contributed by atoms with van der Waals surface area (Å²) < 4.78 is 6.60. The number of aryl methyl sites for hydroxylation is 1. The first kappa shape index (κ1) is 14.5. The molecule has 1 aromatic heterocycles. The average Bonchev–Trinajstić information content (AvgIpc) is 2.79. The van der Waals surface area contributed by atoms with E-state index in [0.717, 1.165) is 12.1 Å². The highest BCUT2D eigenvalue weighted by atomic mass is 16.5. The van der Waals surface area contributed by atoms with Crippen molar-refractivity contribution in [2.45, 2.75) is 46.2 Å². The molecule has 5 nitrogen and oxygen atoms in total. The number of nitrogens with one attached hydrogen (secondary N) is 2. The lowest BCUT2D eigenvalue weighted by molar-refractivity contribution is -0.677. The molecule has 1 aromatic carbocycles. The van der Waals surface area contributed by atoms with Crippen molar-refractivity contribution in [3.63, 3.8) is 0 Å². The van der Waals surface area contributed by atoms with Gasteiger partial charge in [-0.25, -0.2) is 4.79 Å². The smallest absolute Gasteiger partial charge is 0.302 e. The van der Waals surface area contributed by atoms with E-state index in [0.29, 0.717) is 12.2 Å². The number of nitrogens with zero attached hydrogens (tertiary/aromatic N) is 1. The highest BCUT2D eigenvalue weighted by Crippen LogP contribution is 2.08. The summed E-state index contributed by atoms with van der Waals surface area (Å²) in [6.07, 6.45) is 0.979. The molecule has 0 aliphatic heterocycles. The van der Waals surface area contributed by atoms with Gasteiger partial charge >= 0.3 is 11.3 Å². The summed E-state index contributed by atoms with van der Waals surface area (Å²) in [6, 6.07) is 7.91. The molecule has 0 fully saturated rings. The van der Waals surface area contributed by atoms with E-state index in [1.54, 1.807) is 4.68 Å². The Bertz CT molecular complexity index is 623. The second-order valence-corrected chi connectivity index (χ2v) is 5.69. The van der Waals surface area contributed by atoms with Gasteiger partial charge in [-0.1, -0.05) is 24.6 Å². The van der Waals surface area contributed by atoms with Crippen LogP contribution < -0.4 is 15.6 Å². The van der Waals surface area contributed by atoms with Gasteiger partial charge in [0.25, 0.3) is 0 Å². The Morgan fingerprint density at radius 3 is 2.55 bits per heavy atom. The largest absolute Gasteiger partial charge is 0.431 e. The minimum Gasteiger partial charge on any atom is -0.302 e. The molecular weight excluding hydrogens is 254 g/mol. The summed E-state index contributed by atoms with van der Waals surface area (Å²) >= 11 is 0. The molecule has 0 spiro atoms. The van der Waals surface area contributed by atoms with E-state index in [4.69, 9.17) is 4.52 Å². The van der Waals surface area contributed by atoms with Crippen LogP contribution in [0.5, 0.6) is 0 Å². The molecule has 2 rings (SSSR count). The van der Waals surface area contributed by atoms with E-state index in [2.05, 4.69) is 31.4 Å². The highest BCUT2D eigenvalue weighted by Gasteiger charge is 2.25. The van der Waals surface area contributed by atoms with E-state index in [1.807, 2.05) is 31.2 Å². The molecule has 0 unspecified atom stereocenters. The van der Waals surface area contributed by atoms with Gasteiger partial charge in [0, 0.05) is 17.7 Å².